The molecule has 3 aliphatic carbocycles. The van der Waals surface area contributed by atoms with Crippen molar-refractivity contribution in [2.45, 2.75) is 18.3 Å². The summed E-state index contributed by atoms with van der Waals surface area (Å²) in [6, 6.07) is 7.73. The molecule has 2 fully saturated rings. The van der Waals surface area contributed by atoms with Gasteiger partial charge in [-0.15, -0.1) is 11.3 Å². The number of hydrogen-bond acceptors (Lipinski definition) is 5. The van der Waals surface area contributed by atoms with Gasteiger partial charge in [-0.3, -0.25) is 14.4 Å². The molecule has 23 heavy (non-hydrogen) atoms. The second-order valence-electron chi connectivity index (χ2n) is 6.26. The van der Waals surface area contributed by atoms with Gasteiger partial charge in [0.1, 0.15) is 5.78 Å². The van der Waals surface area contributed by atoms with Crippen molar-refractivity contribution >= 4 is 34.1 Å². The Morgan fingerprint density at radius 3 is 2.52 bits per heavy atom. The highest BCUT2D eigenvalue weighted by Crippen LogP contribution is 2.57. The second-order valence-corrected chi connectivity index (χ2v) is 7.13. The van der Waals surface area contributed by atoms with Crippen molar-refractivity contribution in [3.05, 3.63) is 47.0 Å². The van der Waals surface area contributed by atoms with E-state index >= 15 is 0 Å². The van der Waals surface area contributed by atoms with Gasteiger partial charge < -0.3 is 0 Å². The molecule has 5 nitrogen and oxygen atoms in total. The molecule has 4 unspecified atom stereocenters. The smallest absolute Gasteiger partial charge is 0.240 e. The lowest BCUT2D eigenvalue weighted by Crippen LogP contribution is -2.44. The van der Waals surface area contributed by atoms with Gasteiger partial charge in [-0.1, -0.05) is 24.3 Å². The number of carbonyl (C=O) groups excluding carboxylic acids is 3. The maximum atomic E-state index is 12.9. The molecule has 4 atom stereocenters. The van der Waals surface area contributed by atoms with Gasteiger partial charge in [-0.25, -0.2) is 9.88 Å². The van der Waals surface area contributed by atoms with E-state index in [1.54, 1.807) is 11.6 Å². The molecule has 114 valence electrons. The molecule has 2 amide bonds. The fourth-order valence-corrected chi connectivity index (χ4v) is 5.12. The van der Waals surface area contributed by atoms with Crippen LogP contribution in [0.5, 0.6) is 0 Å². The van der Waals surface area contributed by atoms with Crippen LogP contribution in [0.3, 0.4) is 0 Å². The van der Waals surface area contributed by atoms with Crippen LogP contribution in [-0.2, 0) is 14.4 Å². The van der Waals surface area contributed by atoms with E-state index in [0.717, 1.165) is 11.1 Å². The fourth-order valence-electron chi connectivity index (χ4n) is 4.47. The summed E-state index contributed by atoms with van der Waals surface area (Å²) >= 11 is 1.27. The molecule has 1 aromatic carbocycles. The van der Waals surface area contributed by atoms with Crippen molar-refractivity contribution in [1.29, 1.82) is 0 Å². The number of amides is 2. The van der Waals surface area contributed by atoms with Crippen LogP contribution >= 0.6 is 11.3 Å². The monoisotopic (exact) mass is 324 g/mol. The van der Waals surface area contributed by atoms with E-state index < -0.39 is 17.8 Å². The molecule has 4 aliphatic rings. The van der Waals surface area contributed by atoms with Gasteiger partial charge in [0.05, 0.1) is 17.8 Å². The lowest BCUT2D eigenvalue weighted by molar-refractivity contribution is -0.134. The fraction of sp³-hybridized carbons (Fsp3) is 0.294. The van der Waals surface area contributed by atoms with Crippen LogP contribution in [0, 0.1) is 11.8 Å². The average molecular weight is 324 g/mol. The van der Waals surface area contributed by atoms with Crippen LogP contribution in [0.25, 0.3) is 0 Å². The number of thiazole rings is 1. The Morgan fingerprint density at radius 2 is 1.78 bits per heavy atom. The zero-order valence-corrected chi connectivity index (χ0v) is 12.8. The number of Topliss-reactive ketones (excluding diaryl/α,β-unsaturated/α-hetero) is 1. The van der Waals surface area contributed by atoms with Gasteiger partial charge >= 0.3 is 0 Å². The Balaban J connectivity index is 1.69. The first-order valence-electron chi connectivity index (χ1n) is 7.57. The van der Waals surface area contributed by atoms with Gasteiger partial charge in [-0.2, -0.15) is 0 Å². The zero-order chi connectivity index (χ0) is 15.7. The molecule has 1 aliphatic heterocycles. The van der Waals surface area contributed by atoms with Crippen molar-refractivity contribution in [2.24, 2.45) is 11.8 Å². The van der Waals surface area contributed by atoms with E-state index in [0.29, 0.717) is 11.6 Å². The molecule has 2 bridgehead atoms. The topological polar surface area (TPSA) is 67.3 Å². The molecule has 2 heterocycles. The summed E-state index contributed by atoms with van der Waals surface area (Å²) in [5.74, 6) is -2.05. The number of benzene rings is 1. The number of ketones is 1. The number of aromatic nitrogens is 1. The summed E-state index contributed by atoms with van der Waals surface area (Å²) in [5, 5.41) is 2.15. The van der Waals surface area contributed by atoms with E-state index in [4.69, 9.17) is 0 Å². The predicted molar refractivity (Wildman–Crippen MR) is 83.1 cm³/mol. The number of fused-ring (bicyclic) bond motifs is 1. The number of nitrogens with zero attached hydrogens (tertiary/aromatic N) is 2. The van der Waals surface area contributed by atoms with Gasteiger partial charge in [0, 0.05) is 23.9 Å². The molecule has 0 N–H and O–H groups in total. The quantitative estimate of drug-likeness (QED) is 0.754. The highest BCUT2D eigenvalue weighted by atomic mass is 32.1. The molecule has 0 spiro atoms. The number of hydrogen-bond donors (Lipinski definition) is 0. The van der Waals surface area contributed by atoms with Gasteiger partial charge in [-0.05, 0) is 11.1 Å². The first-order valence-corrected chi connectivity index (χ1v) is 8.45. The maximum Gasteiger partial charge on any atom is 0.240 e. The summed E-state index contributed by atoms with van der Waals surface area (Å²) in [5.41, 5.74) is 1.98. The van der Waals surface area contributed by atoms with E-state index in [1.165, 1.54) is 16.2 Å². The molecule has 6 heteroatoms. The van der Waals surface area contributed by atoms with Crippen molar-refractivity contribution in [3.8, 4) is 0 Å². The van der Waals surface area contributed by atoms with E-state index in [2.05, 4.69) is 4.98 Å². The van der Waals surface area contributed by atoms with Crippen molar-refractivity contribution in [3.63, 3.8) is 0 Å². The van der Waals surface area contributed by atoms with E-state index in [9.17, 15) is 14.4 Å². The molecule has 1 saturated heterocycles. The Labute approximate surface area is 135 Å². The highest BCUT2D eigenvalue weighted by molar-refractivity contribution is 7.14. The minimum atomic E-state index is -0.562. The standard InChI is InChI=1S/C17H12N2O3S/c20-11-7-10-8-3-1-2-4-9(8)12(11)14-13(10)15(21)19(16(14)22)17-18-5-6-23-17/h1-6,10,12-14H,7H2. The summed E-state index contributed by atoms with van der Waals surface area (Å²) in [4.78, 5) is 43.7. The first-order chi connectivity index (χ1) is 11.2. The maximum absolute atomic E-state index is 12.9. The summed E-state index contributed by atoms with van der Waals surface area (Å²) in [7, 11) is 0. The summed E-state index contributed by atoms with van der Waals surface area (Å²) < 4.78 is 0. The molecule has 6 rings (SSSR count). The van der Waals surface area contributed by atoms with Crippen LogP contribution in [0.15, 0.2) is 35.8 Å². The predicted octanol–water partition coefficient (Wildman–Crippen LogP) is 2.10. The SMILES string of the molecule is O=C1CC2c3ccccc3C1C1C(=O)N(c3nccs3)C(=O)C21. The molecular formula is C17H12N2O3S. The average Bonchev–Trinajstić information content (AvgIpc) is 3.16. The van der Waals surface area contributed by atoms with Crippen LogP contribution in [0.4, 0.5) is 5.13 Å². The van der Waals surface area contributed by atoms with Crippen LogP contribution in [0.1, 0.15) is 29.4 Å². The van der Waals surface area contributed by atoms with Crippen LogP contribution in [-0.4, -0.2) is 22.6 Å². The number of anilines is 1. The molecule has 1 saturated carbocycles. The normalized spacial score (nSPS) is 31.5. The molecule has 2 aromatic rings. The van der Waals surface area contributed by atoms with Crippen LogP contribution < -0.4 is 4.90 Å². The van der Waals surface area contributed by atoms with Crippen LogP contribution in [0.2, 0.25) is 0 Å². The van der Waals surface area contributed by atoms with Crippen molar-refractivity contribution in [1.82, 2.24) is 4.98 Å². The number of carbonyl (C=O) groups is 3. The van der Waals surface area contributed by atoms with Gasteiger partial charge in [0.25, 0.3) is 0 Å². The Bertz CT molecular complexity index is 860. The van der Waals surface area contributed by atoms with Gasteiger partial charge in [0.15, 0.2) is 5.13 Å². The third-order valence-electron chi connectivity index (χ3n) is 5.30. The summed E-state index contributed by atoms with van der Waals surface area (Å²) in [6.45, 7) is 0. The lowest BCUT2D eigenvalue weighted by Gasteiger charge is -2.43. The first kappa shape index (κ1) is 13.1. The summed E-state index contributed by atoms with van der Waals surface area (Å²) in [6.07, 6.45) is 1.94. The second kappa shape index (κ2) is 4.35. The largest absolute Gasteiger partial charge is 0.299 e. The minimum Gasteiger partial charge on any atom is -0.299 e. The molecule has 1 aromatic heterocycles. The Kier molecular flexibility index (Phi) is 2.48. The number of rotatable bonds is 1. The lowest BCUT2D eigenvalue weighted by atomic mass is 9.56. The third-order valence-corrected chi connectivity index (χ3v) is 6.06. The van der Waals surface area contributed by atoms with E-state index in [1.807, 2.05) is 24.3 Å². The highest BCUT2D eigenvalue weighted by Gasteiger charge is 2.63. The van der Waals surface area contributed by atoms with E-state index in [-0.39, 0.29) is 23.5 Å². The molecule has 0 radical (unpaired) electrons. The van der Waals surface area contributed by atoms with Crippen molar-refractivity contribution in [2.75, 3.05) is 4.90 Å². The Hall–Kier alpha value is -2.34. The molecular weight excluding hydrogens is 312 g/mol. The Morgan fingerprint density at radius 1 is 1.04 bits per heavy atom. The van der Waals surface area contributed by atoms with Crippen molar-refractivity contribution < 1.29 is 14.4 Å². The minimum absolute atomic E-state index is 0.0806. The third kappa shape index (κ3) is 1.51. The zero-order valence-electron chi connectivity index (χ0n) is 12.0. The van der Waals surface area contributed by atoms with Gasteiger partial charge in [0.2, 0.25) is 11.8 Å². The number of imide groups is 1.